The van der Waals surface area contributed by atoms with Gasteiger partial charge in [0, 0.05) is 18.0 Å². The van der Waals surface area contributed by atoms with Crippen molar-refractivity contribution in [3.63, 3.8) is 0 Å². The Morgan fingerprint density at radius 3 is 2.56 bits per heavy atom. The van der Waals surface area contributed by atoms with Gasteiger partial charge >= 0.3 is 0 Å². The smallest absolute Gasteiger partial charge is 0.190 e. The van der Waals surface area contributed by atoms with Gasteiger partial charge in [0.1, 0.15) is 11.0 Å². The molecule has 18 heavy (non-hydrogen) atoms. The fourth-order valence-corrected chi connectivity index (χ4v) is 2.25. The molecule has 0 bridgehead atoms. The average molecular weight is 290 g/mol. The molecule has 1 heterocycles. The number of nitrogens with one attached hydrogen (secondary N) is 1. The van der Waals surface area contributed by atoms with E-state index in [1.165, 1.54) is 11.8 Å². The van der Waals surface area contributed by atoms with Crippen LogP contribution in [0.5, 0.6) is 0 Å². The third-order valence-electron chi connectivity index (χ3n) is 3.34. The SMILES string of the molecule is CCC(CC)(CO)CNc1cc(Cl)nc(SC)n1. The van der Waals surface area contributed by atoms with Gasteiger partial charge in [0.15, 0.2) is 5.16 Å². The number of aliphatic hydroxyl groups excluding tert-OH is 1. The summed E-state index contributed by atoms with van der Waals surface area (Å²) in [5.74, 6) is 0.707. The van der Waals surface area contributed by atoms with Crippen LogP contribution in [0.25, 0.3) is 0 Å². The number of halogens is 1. The van der Waals surface area contributed by atoms with Gasteiger partial charge in [-0.3, -0.25) is 0 Å². The van der Waals surface area contributed by atoms with Crippen molar-refractivity contribution < 1.29 is 5.11 Å². The fraction of sp³-hybridized carbons (Fsp3) is 0.667. The molecule has 4 nitrogen and oxygen atoms in total. The molecule has 0 saturated heterocycles. The molecule has 0 atom stereocenters. The highest BCUT2D eigenvalue weighted by Gasteiger charge is 2.25. The molecule has 0 aromatic carbocycles. The minimum absolute atomic E-state index is 0.100. The Morgan fingerprint density at radius 1 is 1.39 bits per heavy atom. The van der Waals surface area contributed by atoms with E-state index < -0.39 is 0 Å². The van der Waals surface area contributed by atoms with Gasteiger partial charge in [-0.1, -0.05) is 37.2 Å². The Labute approximate surface area is 118 Å². The Balaban J connectivity index is 2.76. The number of aliphatic hydroxyl groups is 1. The van der Waals surface area contributed by atoms with Gasteiger partial charge in [-0.05, 0) is 19.1 Å². The van der Waals surface area contributed by atoms with Crippen LogP contribution in [0, 0.1) is 5.41 Å². The first kappa shape index (κ1) is 15.5. The van der Waals surface area contributed by atoms with E-state index in [0.717, 1.165) is 12.8 Å². The molecular formula is C12H20ClN3OS. The van der Waals surface area contributed by atoms with Crippen LogP contribution >= 0.6 is 23.4 Å². The molecule has 0 aliphatic heterocycles. The third-order valence-corrected chi connectivity index (χ3v) is 4.08. The van der Waals surface area contributed by atoms with E-state index in [2.05, 4.69) is 29.1 Å². The summed E-state index contributed by atoms with van der Waals surface area (Å²) in [5.41, 5.74) is -0.100. The second kappa shape index (κ2) is 7.16. The van der Waals surface area contributed by atoms with Gasteiger partial charge in [0.25, 0.3) is 0 Å². The summed E-state index contributed by atoms with van der Waals surface area (Å²) in [4.78, 5) is 8.42. The maximum absolute atomic E-state index is 9.51. The van der Waals surface area contributed by atoms with Crippen molar-refractivity contribution in [1.29, 1.82) is 0 Å². The second-order valence-corrected chi connectivity index (χ2v) is 5.44. The van der Waals surface area contributed by atoms with Crippen molar-refractivity contribution in [1.82, 2.24) is 9.97 Å². The number of rotatable bonds is 7. The molecule has 102 valence electrons. The molecule has 0 fully saturated rings. The number of hydrogen-bond acceptors (Lipinski definition) is 5. The molecule has 1 rings (SSSR count). The Hall–Kier alpha value is -0.520. The third kappa shape index (κ3) is 4.00. The highest BCUT2D eigenvalue weighted by molar-refractivity contribution is 7.98. The molecule has 0 spiro atoms. The van der Waals surface area contributed by atoms with Crippen molar-refractivity contribution in [2.24, 2.45) is 5.41 Å². The van der Waals surface area contributed by atoms with Gasteiger partial charge in [0.05, 0.1) is 6.61 Å². The highest BCUT2D eigenvalue weighted by Crippen LogP contribution is 2.26. The largest absolute Gasteiger partial charge is 0.396 e. The van der Waals surface area contributed by atoms with Gasteiger partial charge < -0.3 is 10.4 Å². The lowest BCUT2D eigenvalue weighted by atomic mass is 9.83. The van der Waals surface area contributed by atoms with Crippen molar-refractivity contribution >= 4 is 29.2 Å². The van der Waals surface area contributed by atoms with E-state index in [4.69, 9.17) is 11.6 Å². The lowest BCUT2D eigenvalue weighted by Crippen LogP contribution is -2.32. The zero-order valence-corrected chi connectivity index (χ0v) is 12.6. The van der Waals surface area contributed by atoms with Crippen LogP contribution in [0.4, 0.5) is 5.82 Å². The predicted molar refractivity (Wildman–Crippen MR) is 77.4 cm³/mol. The maximum atomic E-state index is 9.51. The van der Waals surface area contributed by atoms with Crippen molar-refractivity contribution in [3.8, 4) is 0 Å². The topological polar surface area (TPSA) is 58.0 Å². The highest BCUT2D eigenvalue weighted by atomic mass is 35.5. The minimum Gasteiger partial charge on any atom is -0.396 e. The number of nitrogens with zero attached hydrogens (tertiary/aromatic N) is 2. The number of thioether (sulfide) groups is 1. The summed E-state index contributed by atoms with van der Waals surface area (Å²) in [6, 6.07) is 1.70. The van der Waals surface area contributed by atoms with Gasteiger partial charge in [-0.2, -0.15) is 0 Å². The summed E-state index contributed by atoms with van der Waals surface area (Å²) in [7, 11) is 0. The average Bonchev–Trinajstić information content (AvgIpc) is 2.40. The predicted octanol–water partition coefficient (Wildman–Crippen LogP) is 3.06. The normalized spacial score (nSPS) is 11.6. The summed E-state index contributed by atoms with van der Waals surface area (Å²) in [6.45, 7) is 5.02. The van der Waals surface area contributed by atoms with E-state index in [1.807, 2.05) is 6.26 Å². The Bertz CT molecular complexity index is 377. The van der Waals surface area contributed by atoms with Gasteiger partial charge in [-0.25, -0.2) is 9.97 Å². The first-order chi connectivity index (χ1) is 8.59. The van der Waals surface area contributed by atoms with Crippen molar-refractivity contribution in [3.05, 3.63) is 11.2 Å². The van der Waals surface area contributed by atoms with Gasteiger partial charge in [0.2, 0.25) is 0 Å². The van der Waals surface area contributed by atoms with E-state index in [9.17, 15) is 5.11 Å². The molecule has 1 aromatic heterocycles. The molecular weight excluding hydrogens is 270 g/mol. The zero-order chi connectivity index (χ0) is 13.6. The van der Waals surface area contributed by atoms with Crippen LogP contribution in [-0.4, -0.2) is 34.5 Å². The molecule has 0 aliphatic carbocycles. The van der Waals surface area contributed by atoms with Crippen LogP contribution in [0.15, 0.2) is 11.2 Å². The van der Waals surface area contributed by atoms with Crippen LogP contribution in [0.3, 0.4) is 0 Å². The Morgan fingerprint density at radius 2 is 2.06 bits per heavy atom. The Kier molecular flexibility index (Phi) is 6.18. The van der Waals surface area contributed by atoms with E-state index in [-0.39, 0.29) is 12.0 Å². The quantitative estimate of drug-likeness (QED) is 0.459. The van der Waals surface area contributed by atoms with E-state index in [0.29, 0.717) is 22.7 Å². The lowest BCUT2D eigenvalue weighted by molar-refractivity contribution is 0.127. The van der Waals surface area contributed by atoms with Crippen LogP contribution in [0.1, 0.15) is 26.7 Å². The number of aromatic nitrogens is 2. The molecule has 0 amide bonds. The van der Waals surface area contributed by atoms with Crippen molar-refractivity contribution in [2.75, 3.05) is 24.7 Å². The summed E-state index contributed by atoms with van der Waals surface area (Å²) < 4.78 is 0. The van der Waals surface area contributed by atoms with Crippen LogP contribution < -0.4 is 5.32 Å². The fourth-order valence-electron chi connectivity index (χ4n) is 1.64. The first-order valence-corrected chi connectivity index (χ1v) is 7.62. The van der Waals surface area contributed by atoms with Crippen LogP contribution in [-0.2, 0) is 0 Å². The number of anilines is 1. The van der Waals surface area contributed by atoms with Gasteiger partial charge in [-0.15, -0.1) is 0 Å². The molecule has 0 radical (unpaired) electrons. The zero-order valence-electron chi connectivity index (χ0n) is 11.0. The molecule has 2 N–H and O–H groups in total. The van der Waals surface area contributed by atoms with E-state index in [1.54, 1.807) is 6.07 Å². The standard InChI is InChI=1S/C12H20ClN3OS/c1-4-12(5-2,8-17)7-14-10-6-9(13)15-11(16-10)18-3/h6,17H,4-5,7-8H2,1-3H3,(H,14,15,16). The summed E-state index contributed by atoms with van der Waals surface area (Å²) in [6.07, 6.45) is 3.74. The number of hydrogen-bond donors (Lipinski definition) is 2. The second-order valence-electron chi connectivity index (χ2n) is 4.28. The molecule has 0 saturated carbocycles. The maximum Gasteiger partial charge on any atom is 0.190 e. The lowest BCUT2D eigenvalue weighted by Gasteiger charge is -2.29. The molecule has 6 heteroatoms. The molecule has 1 aromatic rings. The summed E-state index contributed by atoms with van der Waals surface area (Å²) in [5, 5.41) is 13.8. The molecule has 0 aliphatic rings. The van der Waals surface area contributed by atoms with E-state index >= 15 is 0 Å². The van der Waals surface area contributed by atoms with Crippen molar-refractivity contribution in [2.45, 2.75) is 31.8 Å². The summed E-state index contributed by atoms with van der Waals surface area (Å²) >= 11 is 7.38. The van der Waals surface area contributed by atoms with Crippen LogP contribution in [0.2, 0.25) is 5.15 Å². The monoisotopic (exact) mass is 289 g/mol. The minimum atomic E-state index is -0.100. The molecule has 0 unspecified atom stereocenters. The first-order valence-electron chi connectivity index (χ1n) is 6.02.